The highest BCUT2D eigenvalue weighted by Crippen LogP contribution is 2.18. The number of aryl methyl sites for hydroxylation is 1. The molecule has 0 spiro atoms. The van der Waals surface area contributed by atoms with E-state index in [1.165, 1.54) is 32.2 Å². The van der Waals surface area contributed by atoms with Gasteiger partial charge in [0.1, 0.15) is 0 Å². The summed E-state index contributed by atoms with van der Waals surface area (Å²) in [7, 11) is 2.23. The van der Waals surface area contributed by atoms with Crippen LogP contribution >= 0.6 is 0 Å². The Morgan fingerprint density at radius 3 is 3.00 bits per heavy atom. The lowest BCUT2D eigenvalue weighted by Gasteiger charge is -2.32. The molecule has 3 heteroatoms. The molecule has 1 aliphatic heterocycles. The molecule has 1 unspecified atom stereocenters. The maximum Gasteiger partial charge on any atom is 0.164 e. The van der Waals surface area contributed by atoms with Crippen LogP contribution in [0.4, 0.5) is 0 Å². The molecule has 0 amide bonds. The van der Waals surface area contributed by atoms with E-state index in [0.717, 1.165) is 12.1 Å². The third-order valence-corrected chi connectivity index (χ3v) is 4.04. The normalized spacial score (nSPS) is 21.1. The molecule has 18 heavy (non-hydrogen) atoms. The molecule has 1 aromatic heterocycles. The molecule has 0 aromatic carbocycles. The average molecular weight is 248 g/mol. The minimum absolute atomic E-state index is 0.239. The Morgan fingerprint density at radius 2 is 2.28 bits per heavy atom. The lowest BCUT2D eigenvalue weighted by Crippen LogP contribution is -2.36. The second kappa shape index (κ2) is 6.19. The third kappa shape index (κ3) is 3.22. The Bertz CT molecular complexity index is 397. The Kier molecular flexibility index (Phi) is 4.59. The van der Waals surface area contributed by atoms with Gasteiger partial charge in [-0.25, -0.2) is 0 Å². The monoisotopic (exact) mass is 248 g/mol. The van der Waals surface area contributed by atoms with Crippen molar-refractivity contribution >= 4 is 5.78 Å². The Balaban J connectivity index is 1.86. The van der Waals surface area contributed by atoms with Gasteiger partial charge in [0.2, 0.25) is 0 Å². The van der Waals surface area contributed by atoms with Crippen LogP contribution in [0.3, 0.4) is 0 Å². The van der Waals surface area contributed by atoms with Gasteiger partial charge in [0, 0.05) is 37.0 Å². The number of carbonyl (C=O) groups is 1. The summed E-state index contributed by atoms with van der Waals surface area (Å²) in [6, 6.07) is 2.66. The van der Waals surface area contributed by atoms with Crippen molar-refractivity contribution in [2.75, 3.05) is 13.6 Å². The SMILES string of the molecule is CCC(=O)c1ccn(CCC2CCCCN2C)c1. The Morgan fingerprint density at radius 1 is 1.44 bits per heavy atom. The van der Waals surface area contributed by atoms with E-state index in [4.69, 9.17) is 0 Å². The summed E-state index contributed by atoms with van der Waals surface area (Å²) in [5, 5.41) is 0. The highest BCUT2D eigenvalue weighted by molar-refractivity contribution is 5.95. The molecule has 1 aliphatic rings. The fourth-order valence-corrected chi connectivity index (χ4v) is 2.76. The highest BCUT2D eigenvalue weighted by atomic mass is 16.1. The van der Waals surface area contributed by atoms with Crippen molar-refractivity contribution in [2.24, 2.45) is 0 Å². The molecule has 3 nitrogen and oxygen atoms in total. The first kappa shape index (κ1) is 13.3. The van der Waals surface area contributed by atoms with E-state index >= 15 is 0 Å². The zero-order valence-electron chi connectivity index (χ0n) is 11.6. The molecule has 2 heterocycles. The average Bonchev–Trinajstić information content (AvgIpc) is 2.86. The number of ketones is 1. The first-order valence-electron chi connectivity index (χ1n) is 7.10. The van der Waals surface area contributed by atoms with Crippen LogP contribution < -0.4 is 0 Å². The number of likely N-dealkylation sites (tertiary alicyclic amines) is 1. The number of nitrogens with zero attached hydrogens (tertiary/aromatic N) is 2. The summed E-state index contributed by atoms with van der Waals surface area (Å²) in [5.74, 6) is 0.239. The van der Waals surface area contributed by atoms with Crippen LogP contribution in [0.5, 0.6) is 0 Å². The van der Waals surface area contributed by atoms with E-state index in [2.05, 4.69) is 16.5 Å². The molecule has 1 saturated heterocycles. The second-order valence-corrected chi connectivity index (χ2v) is 5.33. The van der Waals surface area contributed by atoms with E-state index in [1.54, 1.807) is 0 Å². The maximum atomic E-state index is 11.6. The van der Waals surface area contributed by atoms with Crippen molar-refractivity contribution in [2.45, 2.75) is 51.6 Å². The predicted octanol–water partition coefficient (Wildman–Crippen LogP) is 2.96. The van der Waals surface area contributed by atoms with Crippen LogP contribution in [0.1, 0.15) is 49.4 Å². The fourth-order valence-electron chi connectivity index (χ4n) is 2.76. The number of aromatic nitrogens is 1. The molecule has 0 N–H and O–H groups in total. The van der Waals surface area contributed by atoms with Crippen molar-refractivity contribution in [1.29, 1.82) is 0 Å². The van der Waals surface area contributed by atoms with Crippen LogP contribution in [0.25, 0.3) is 0 Å². The smallest absolute Gasteiger partial charge is 0.164 e. The molecular weight excluding hydrogens is 224 g/mol. The summed E-state index contributed by atoms with van der Waals surface area (Å²) in [6.07, 6.45) is 9.82. The van der Waals surface area contributed by atoms with Gasteiger partial charge in [0.25, 0.3) is 0 Å². The fraction of sp³-hybridized carbons (Fsp3) is 0.667. The number of carbonyl (C=O) groups excluding carboxylic acids is 1. The van der Waals surface area contributed by atoms with Crippen LogP contribution in [0.2, 0.25) is 0 Å². The van der Waals surface area contributed by atoms with E-state index in [9.17, 15) is 4.79 Å². The van der Waals surface area contributed by atoms with Gasteiger partial charge in [-0.1, -0.05) is 13.3 Å². The standard InChI is InChI=1S/C15H24N2O/c1-3-15(18)13-7-10-17(12-13)11-8-14-6-4-5-9-16(14)2/h7,10,12,14H,3-6,8-9,11H2,1-2H3. The minimum Gasteiger partial charge on any atom is -0.353 e. The molecule has 2 rings (SSSR count). The topological polar surface area (TPSA) is 25.2 Å². The van der Waals surface area contributed by atoms with Crippen LogP contribution in [0.15, 0.2) is 18.5 Å². The molecule has 1 atom stereocenters. The molecule has 100 valence electrons. The molecule has 0 bridgehead atoms. The summed E-state index contributed by atoms with van der Waals surface area (Å²) in [5.41, 5.74) is 0.856. The van der Waals surface area contributed by atoms with Gasteiger partial charge in [-0.3, -0.25) is 4.79 Å². The lowest BCUT2D eigenvalue weighted by atomic mass is 10.0. The van der Waals surface area contributed by atoms with Gasteiger partial charge in [-0.05, 0) is 38.9 Å². The summed E-state index contributed by atoms with van der Waals surface area (Å²) < 4.78 is 2.16. The first-order valence-corrected chi connectivity index (χ1v) is 7.10. The van der Waals surface area contributed by atoms with E-state index in [-0.39, 0.29) is 5.78 Å². The summed E-state index contributed by atoms with van der Waals surface area (Å²) >= 11 is 0. The van der Waals surface area contributed by atoms with Crippen molar-refractivity contribution in [3.63, 3.8) is 0 Å². The molecule has 1 fully saturated rings. The predicted molar refractivity (Wildman–Crippen MR) is 73.9 cm³/mol. The summed E-state index contributed by atoms with van der Waals surface area (Å²) in [4.78, 5) is 14.0. The van der Waals surface area contributed by atoms with Gasteiger partial charge >= 0.3 is 0 Å². The largest absolute Gasteiger partial charge is 0.353 e. The van der Waals surface area contributed by atoms with E-state index in [1.807, 2.05) is 25.4 Å². The van der Waals surface area contributed by atoms with Crippen molar-refractivity contribution in [3.05, 3.63) is 24.0 Å². The van der Waals surface area contributed by atoms with Crippen molar-refractivity contribution in [1.82, 2.24) is 9.47 Å². The molecule has 1 aromatic rings. The molecular formula is C15H24N2O. The summed E-state index contributed by atoms with van der Waals surface area (Å²) in [6.45, 7) is 4.17. The Hall–Kier alpha value is -1.09. The lowest BCUT2D eigenvalue weighted by molar-refractivity contribution is 0.0988. The zero-order chi connectivity index (χ0) is 13.0. The zero-order valence-corrected chi connectivity index (χ0v) is 11.6. The quantitative estimate of drug-likeness (QED) is 0.749. The highest BCUT2D eigenvalue weighted by Gasteiger charge is 2.18. The van der Waals surface area contributed by atoms with Gasteiger partial charge < -0.3 is 9.47 Å². The molecule has 0 aliphatic carbocycles. The van der Waals surface area contributed by atoms with E-state index < -0.39 is 0 Å². The number of rotatable bonds is 5. The maximum absolute atomic E-state index is 11.6. The van der Waals surface area contributed by atoms with Crippen LogP contribution in [-0.2, 0) is 6.54 Å². The number of piperidine rings is 1. The third-order valence-electron chi connectivity index (χ3n) is 4.04. The van der Waals surface area contributed by atoms with E-state index in [0.29, 0.717) is 12.5 Å². The minimum atomic E-state index is 0.239. The number of hydrogen-bond donors (Lipinski definition) is 0. The van der Waals surface area contributed by atoms with Crippen LogP contribution in [-0.4, -0.2) is 34.9 Å². The Labute approximate surface area is 110 Å². The van der Waals surface area contributed by atoms with Gasteiger partial charge in [0.15, 0.2) is 5.78 Å². The van der Waals surface area contributed by atoms with Crippen molar-refractivity contribution < 1.29 is 4.79 Å². The van der Waals surface area contributed by atoms with Gasteiger partial charge in [-0.15, -0.1) is 0 Å². The molecule has 0 saturated carbocycles. The van der Waals surface area contributed by atoms with Crippen molar-refractivity contribution in [3.8, 4) is 0 Å². The van der Waals surface area contributed by atoms with Gasteiger partial charge in [0.05, 0.1) is 0 Å². The number of Topliss-reactive ketones (excluding diaryl/α,β-unsaturated/α-hetero) is 1. The first-order chi connectivity index (χ1) is 8.70. The number of hydrogen-bond acceptors (Lipinski definition) is 2. The molecule has 0 radical (unpaired) electrons. The second-order valence-electron chi connectivity index (χ2n) is 5.33. The van der Waals surface area contributed by atoms with Crippen LogP contribution in [0, 0.1) is 0 Å². The van der Waals surface area contributed by atoms with Gasteiger partial charge in [-0.2, -0.15) is 0 Å².